The van der Waals surface area contributed by atoms with Gasteiger partial charge in [0.2, 0.25) is 5.91 Å². The zero-order valence-corrected chi connectivity index (χ0v) is 14.1. The van der Waals surface area contributed by atoms with Gasteiger partial charge in [0.25, 0.3) is 0 Å². The minimum absolute atomic E-state index is 0.212. The van der Waals surface area contributed by atoms with E-state index in [0.717, 1.165) is 45.4 Å². The Kier molecular flexibility index (Phi) is 5.34. The van der Waals surface area contributed by atoms with Crippen molar-refractivity contribution in [2.45, 2.75) is 44.6 Å². The van der Waals surface area contributed by atoms with Gasteiger partial charge in [-0.25, -0.2) is 0 Å². The first-order valence-corrected chi connectivity index (χ1v) is 8.93. The second-order valence-electron chi connectivity index (χ2n) is 6.80. The summed E-state index contributed by atoms with van der Waals surface area (Å²) in [6.07, 6.45) is 3.82. The first kappa shape index (κ1) is 16.5. The van der Waals surface area contributed by atoms with E-state index < -0.39 is 0 Å². The average molecular weight is 316 g/mol. The van der Waals surface area contributed by atoms with Crippen molar-refractivity contribution in [2.24, 2.45) is 0 Å². The highest BCUT2D eigenvalue weighted by Crippen LogP contribution is 2.35. The fourth-order valence-corrected chi connectivity index (χ4v) is 4.04. The Bertz CT molecular complexity index is 534. The Labute approximate surface area is 139 Å². The van der Waals surface area contributed by atoms with E-state index >= 15 is 0 Å². The molecule has 23 heavy (non-hydrogen) atoms. The lowest BCUT2D eigenvalue weighted by Crippen LogP contribution is -2.52. The average Bonchev–Trinajstić information content (AvgIpc) is 3.00. The number of aliphatic hydroxyl groups is 1. The number of aliphatic hydroxyl groups excluding tert-OH is 1. The third-order valence-electron chi connectivity index (χ3n) is 5.54. The van der Waals surface area contributed by atoms with Gasteiger partial charge in [-0.05, 0) is 36.3 Å². The summed E-state index contributed by atoms with van der Waals surface area (Å²) in [5, 5.41) is 9.41. The van der Waals surface area contributed by atoms with Gasteiger partial charge in [0.15, 0.2) is 0 Å². The zero-order valence-electron chi connectivity index (χ0n) is 14.1. The van der Waals surface area contributed by atoms with Crippen molar-refractivity contribution in [3.63, 3.8) is 0 Å². The Balaban J connectivity index is 1.53. The molecule has 1 aromatic rings. The fraction of sp³-hybridized carbons (Fsp3) is 0.632. The number of hydrogen-bond donors (Lipinski definition) is 1. The lowest BCUT2D eigenvalue weighted by Gasteiger charge is -2.38. The van der Waals surface area contributed by atoms with E-state index in [9.17, 15) is 9.90 Å². The number of piperazine rings is 1. The molecule has 0 saturated carbocycles. The Morgan fingerprint density at radius 1 is 1.26 bits per heavy atom. The van der Waals surface area contributed by atoms with Crippen LogP contribution in [0.4, 0.5) is 0 Å². The molecule has 2 atom stereocenters. The van der Waals surface area contributed by atoms with Gasteiger partial charge in [-0.2, -0.15) is 0 Å². The summed E-state index contributed by atoms with van der Waals surface area (Å²) in [7, 11) is 0. The first-order valence-electron chi connectivity index (χ1n) is 8.93. The van der Waals surface area contributed by atoms with Gasteiger partial charge in [0.05, 0.1) is 6.61 Å². The number of rotatable bonds is 5. The maximum atomic E-state index is 12.6. The van der Waals surface area contributed by atoms with Crippen molar-refractivity contribution in [1.29, 1.82) is 0 Å². The van der Waals surface area contributed by atoms with Gasteiger partial charge < -0.3 is 10.0 Å². The van der Waals surface area contributed by atoms with Gasteiger partial charge in [-0.1, -0.05) is 31.2 Å². The van der Waals surface area contributed by atoms with Crippen molar-refractivity contribution < 1.29 is 9.90 Å². The van der Waals surface area contributed by atoms with Crippen molar-refractivity contribution in [1.82, 2.24) is 9.80 Å². The quantitative estimate of drug-likeness (QED) is 0.904. The Morgan fingerprint density at radius 3 is 2.70 bits per heavy atom. The van der Waals surface area contributed by atoms with Gasteiger partial charge in [0, 0.05) is 38.6 Å². The topological polar surface area (TPSA) is 43.8 Å². The van der Waals surface area contributed by atoms with Crippen LogP contribution in [0.25, 0.3) is 0 Å². The molecule has 0 aromatic heterocycles. The van der Waals surface area contributed by atoms with Gasteiger partial charge in [-0.3, -0.25) is 9.69 Å². The molecule has 4 heteroatoms. The number of benzene rings is 1. The molecule has 0 bridgehead atoms. The molecule has 1 heterocycles. The molecule has 1 aliphatic carbocycles. The molecule has 126 valence electrons. The van der Waals surface area contributed by atoms with Crippen LogP contribution in [0.1, 0.15) is 43.2 Å². The summed E-state index contributed by atoms with van der Waals surface area (Å²) >= 11 is 0. The van der Waals surface area contributed by atoms with E-state index in [1.165, 1.54) is 11.1 Å². The molecule has 2 aliphatic rings. The number of hydrogen-bond acceptors (Lipinski definition) is 3. The van der Waals surface area contributed by atoms with Crippen LogP contribution in [0.15, 0.2) is 24.3 Å². The summed E-state index contributed by atoms with van der Waals surface area (Å²) in [6, 6.07) is 8.80. The minimum atomic E-state index is 0.212. The van der Waals surface area contributed by atoms with E-state index in [0.29, 0.717) is 18.2 Å². The Morgan fingerprint density at radius 2 is 2.00 bits per heavy atom. The minimum Gasteiger partial charge on any atom is -0.395 e. The number of carbonyl (C=O) groups excluding carboxylic acids is 1. The van der Waals surface area contributed by atoms with Crippen LogP contribution in [0.3, 0.4) is 0 Å². The largest absolute Gasteiger partial charge is 0.395 e. The van der Waals surface area contributed by atoms with E-state index in [-0.39, 0.29) is 12.6 Å². The van der Waals surface area contributed by atoms with Crippen LogP contribution in [0.5, 0.6) is 0 Å². The summed E-state index contributed by atoms with van der Waals surface area (Å²) in [5.74, 6) is 0.695. The summed E-state index contributed by atoms with van der Waals surface area (Å²) < 4.78 is 0. The molecule has 1 saturated heterocycles. The lowest BCUT2D eigenvalue weighted by molar-refractivity contribution is -0.133. The lowest BCUT2D eigenvalue weighted by atomic mass is 9.97. The molecule has 1 fully saturated rings. The van der Waals surface area contributed by atoms with Crippen LogP contribution in [-0.4, -0.2) is 59.6 Å². The zero-order chi connectivity index (χ0) is 16.2. The van der Waals surface area contributed by atoms with Crippen LogP contribution < -0.4 is 0 Å². The van der Waals surface area contributed by atoms with Crippen molar-refractivity contribution in [3.05, 3.63) is 35.4 Å². The van der Waals surface area contributed by atoms with Gasteiger partial charge >= 0.3 is 0 Å². The molecular formula is C19H28N2O2. The fourth-order valence-electron chi connectivity index (χ4n) is 4.04. The summed E-state index contributed by atoms with van der Waals surface area (Å²) in [6.45, 7) is 5.67. The van der Waals surface area contributed by atoms with Crippen LogP contribution in [-0.2, 0) is 11.2 Å². The molecule has 0 spiro atoms. The highest BCUT2D eigenvalue weighted by molar-refractivity contribution is 5.77. The van der Waals surface area contributed by atoms with E-state index in [1.807, 2.05) is 4.90 Å². The third-order valence-corrected chi connectivity index (χ3v) is 5.54. The summed E-state index contributed by atoms with van der Waals surface area (Å²) in [4.78, 5) is 17.0. The molecule has 1 aliphatic heterocycles. The SMILES string of the molecule is CCC(CO)N1CCN(C(=O)CC2CCc3ccccc32)CC1. The number of amides is 1. The normalized spacial score (nSPS) is 22.9. The highest BCUT2D eigenvalue weighted by Gasteiger charge is 2.29. The number of aryl methyl sites for hydroxylation is 1. The van der Waals surface area contributed by atoms with Gasteiger partial charge in [0.1, 0.15) is 0 Å². The first-order chi connectivity index (χ1) is 11.2. The van der Waals surface area contributed by atoms with E-state index in [2.05, 4.69) is 36.1 Å². The molecule has 1 amide bonds. The molecule has 2 unspecified atom stereocenters. The van der Waals surface area contributed by atoms with Gasteiger partial charge in [-0.15, -0.1) is 0 Å². The monoisotopic (exact) mass is 316 g/mol. The smallest absolute Gasteiger partial charge is 0.223 e. The predicted octanol–water partition coefficient (Wildman–Crippen LogP) is 2.02. The maximum Gasteiger partial charge on any atom is 0.223 e. The van der Waals surface area contributed by atoms with Crippen LogP contribution in [0, 0.1) is 0 Å². The standard InChI is InChI=1S/C19H28N2O2/c1-2-17(14-22)20-9-11-21(12-10-20)19(23)13-16-8-7-15-5-3-4-6-18(15)16/h3-6,16-17,22H,2,7-14H2,1H3. The number of carbonyl (C=O) groups is 1. The van der Waals surface area contributed by atoms with Crippen molar-refractivity contribution >= 4 is 5.91 Å². The third kappa shape index (κ3) is 3.59. The maximum absolute atomic E-state index is 12.6. The highest BCUT2D eigenvalue weighted by atomic mass is 16.3. The van der Waals surface area contributed by atoms with Crippen LogP contribution in [0.2, 0.25) is 0 Å². The molecule has 3 rings (SSSR count). The second kappa shape index (κ2) is 7.45. The number of fused-ring (bicyclic) bond motifs is 1. The number of nitrogens with zero attached hydrogens (tertiary/aromatic N) is 2. The van der Waals surface area contributed by atoms with Crippen LogP contribution >= 0.6 is 0 Å². The van der Waals surface area contributed by atoms with Crippen molar-refractivity contribution in [2.75, 3.05) is 32.8 Å². The molecule has 1 aromatic carbocycles. The Hall–Kier alpha value is -1.39. The van der Waals surface area contributed by atoms with Crippen molar-refractivity contribution in [3.8, 4) is 0 Å². The molecule has 0 radical (unpaired) electrons. The molecular weight excluding hydrogens is 288 g/mol. The van der Waals surface area contributed by atoms with E-state index in [1.54, 1.807) is 0 Å². The van der Waals surface area contributed by atoms with E-state index in [4.69, 9.17) is 0 Å². The second-order valence-corrected chi connectivity index (χ2v) is 6.80. The summed E-state index contributed by atoms with van der Waals surface area (Å²) in [5.41, 5.74) is 2.80. The predicted molar refractivity (Wildman–Crippen MR) is 91.4 cm³/mol. The molecule has 4 nitrogen and oxygen atoms in total. The molecule has 1 N–H and O–H groups in total.